The average molecular weight is 391 g/mol. The molecule has 1 aromatic carbocycles. The highest BCUT2D eigenvalue weighted by Gasteiger charge is 2.44. The minimum atomic E-state index is -0.849. The second-order valence-corrected chi connectivity index (χ2v) is 7.94. The van der Waals surface area contributed by atoms with Crippen molar-refractivity contribution in [1.29, 1.82) is 0 Å². The Labute approximate surface area is 162 Å². The molecular weight excluding hydrogens is 368 g/mol. The molecule has 7 heteroatoms. The molecule has 1 aromatic rings. The molecule has 3 aliphatic rings. The van der Waals surface area contributed by atoms with E-state index in [1.807, 2.05) is 0 Å². The van der Waals surface area contributed by atoms with Gasteiger partial charge in [0.05, 0.1) is 13.7 Å². The zero-order valence-corrected chi connectivity index (χ0v) is 15.7. The minimum absolute atomic E-state index is 0.0206. The molecule has 4 rings (SSSR count). The Kier molecular flexibility index (Phi) is 5.08. The summed E-state index contributed by atoms with van der Waals surface area (Å²) >= 11 is 0. The molecule has 1 amide bonds. The summed E-state index contributed by atoms with van der Waals surface area (Å²) in [4.78, 5) is 26.3. The van der Waals surface area contributed by atoms with Crippen LogP contribution in [0.25, 0.3) is 0 Å². The monoisotopic (exact) mass is 391 g/mol. The summed E-state index contributed by atoms with van der Waals surface area (Å²) in [6.45, 7) is -0.0206. The quantitative estimate of drug-likeness (QED) is 0.697. The zero-order valence-electron chi connectivity index (χ0n) is 15.7. The topological polar surface area (TPSA) is 55.8 Å². The lowest BCUT2D eigenvalue weighted by Crippen LogP contribution is -2.45. The van der Waals surface area contributed by atoms with Gasteiger partial charge in [0.15, 0.2) is 17.4 Å². The molecule has 28 heavy (non-hydrogen) atoms. The average Bonchev–Trinajstić information content (AvgIpc) is 3.38. The summed E-state index contributed by atoms with van der Waals surface area (Å²) in [5, 5.41) is 0. The maximum atomic E-state index is 13.8. The van der Waals surface area contributed by atoms with Gasteiger partial charge in [-0.1, -0.05) is 12.5 Å². The van der Waals surface area contributed by atoms with E-state index in [1.165, 1.54) is 43.4 Å². The molecule has 0 spiro atoms. The van der Waals surface area contributed by atoms with Gasteiger partial charge in [-0.2, -0.15) is 0 Å². The summed E-state index contributed by atoms with van der Waals surface area (Å²) in [6.07, 6.45) is 6.44. The molecule has 4 atom stereocenters. The highest BCUT2D eigenvalue weighted by atomic mass is 19.1. The number of amides is 1. The van der Waals surface area contributed by atoms with Crippen LogP contribution in [0.4, 0.5) is 8.78 Å². The lowest BCUT2D eigenvalue weighted by molar-refractivity contribution is -0.151. The molecular formula is C21H23F2NO4. The molecule has 150 valence electrons. The molecule has 0 aromatic heterocycles. The van der Waals surface area contributed by atoms with Gasteiger partial charge in [-0.3, -0.25) is 4.79 Å². The van der Waals surface area contributed by atoms with E-state index in [0.717, 1.165) is 24.5 Å². The van der Waals surface area contributed by atoms with Crippen molar-refractivity contribution in [2.75, 3.05) is 13.7 Å². The molecule has 4 unspecified atom stereocenters. The first-order valence-electron chi connectivity index (χ1n) is 9.67. The molecule has 2 aliphatic carbocycles. The van der Waals surface area contributed by atoms with Crippen LogP contribution >= 0.6 is 0 Å². The fourth-order valence-electron chi connectivity index (χ4n) is 4.99. The molecule has 2 saturated carbocycles. The van der Waals surface area contributed by atoms with Crippen LogP contribution in [-0.2, 0) is 14.3 Å². The molecule has 0 saturated heterocycles. The number of hydrogen-bond acceptors (Lipinski definition) is 4. The second kappa shape index (κ2) is 7.53. The first-order valence-corrected chi connectivity index (χ1v) is 9.67. The largest absolute Gasteiger partial charge is 0.467 e. The van der Waals surface area contributed by atoms with Crippen molar-refractivity contribution >= 4 is 11.9 Å². The lowest BCUT2D eigenvalue weighted by Gasteiger charge is -2.31. The van der Waals surface area contributed by atoms with Crippen LogP contribution in [0.2, 0.25) is 0 Å². The lowest BCUT2D eigenvalue weighted by atomic mass is 9.84. The van der Waals surface area contributed by atoms with Crippen molar-refractivity contribution in [2.24, 2.45) is 17.8 Å². The van der Waals surface area contributed by atoms with E-state index in [4.69, 9.17) is 9.47 Å². The van der Waals surface area contributed by atoms with Crippen molar-refractivity contribution < 1.29 is 27.8 Å². The fourth-order valence-corrected chi connectivity index (χ4v) is 4.99. The summed E-state index contributed by atoms with van der Waals surface area (Å²) in [6, 6.07) is 2.69. The van der Waals surface area contributed by atoms with Crippen LogP contribution in [0.3, 0.4) is 0 Å². The first kappa shape index (κ1) is 18.9. The number of hydrogen-bond donors (Lipinski definition) is 0. The number of benzene rings is 1. The Morgan fingerprint density at radius 1 is 1.25 bits per heavy atom. The van der Waals surface area contributed by atoms with E-state index in [2.05, 4.69) is 0 Å². The van der Waals surface area contributed by atoms with Gasteiger partial charge in [0.2, 0.25) is 0 Å². The number of carbonyl (C=O) groups excluding carboxylic acids is 2. The number of esters is 1. The van der Waals surface area contributed by atoms with E-state index in [1.54, 1.807) is 0 Å². The third-order valence-electron chi connectivity index (χ3n) is 6.31. The van der Waals surface area contributed by atoms with Crippen LogP contribution < -0.4 is 4.74 Å². The van der Waals surface area contributed by atoms with Gasteiger partial charge >= 0.3 is 5.97 Å². The molecule has 2 fully saturated rings. The number of fused-ring (bicyclic) bond motifs is 2. The van der Waals surface area contributed by atoms with Crippen LogP contribution in [-0.4, -0.2) is 36.5 Å². The standard InChI is InChI=1S/C21H23F2NO4/c1-27-21(26)18(9-14-8-12-5-6-13(14)7-12)24-11-15(10-19(24)25)28-20-16(22)3-2-4-17(20)23/h2-4,10,12-14,18H,5-9,11H2,1H3. The fraction of sp³-hybridized carbons (Fsp3) is 0.524. The molecule has 0 radical (unpaired) electrons. The number of nitrogens with zero attached hydrogens (tertiary/aromatic N) is 1. The minimum Gasteiger partial charge on any atom is -0.467 e. The number of ether oxygens (including phenoxy) is 2. The van der Waals surface area contributed by atoms with Gasteiger partial charge in [0, 0.05) is 6.08 Å². The molecule has 2 bridgehead atoms. The summed E-state index contributed by atoms with van der Waals surface area (Å²) < 4.78 is 37.9. The maximum absolute atomic E-state index is 13.8. The molecule has 1 heterocycles. The van der Waals surface area contributed by atoms with Crippen LogP contribution in [0.5, 0.6) is 5.75 Å². The van der Waals surface area contributed by atoms with Gasteiger partial charge in [0.1, 0.15) is 11.8 Å². The summed E-state index contributed by atoms with van der Waals surface area (Å²) in [7, 11) is 1.30. The smallest absolute Gasteiger partial charge is 0.328 e. The summed E-state index contributed by atoms with van der Waals surface area (Å²) in [5.74, 6) is -1.30. The Balaban J connectivity index is 1.47. The highest BCUT2D eigenvalue weighted by Crippen LogP contribution is 2.50. The molecule has 1 aliphatic heterocycles. The zero-order chi connectivity index (χ0) is 19.8. The Morgan fingerprint density at radius 2 is 2.00 bits per heavy atom. The predicted octanol–water partition coefficient (Wildman–Crippen LogP) is 3.44. The van der Waals surface area contributed by atoms with Gasteiger partial charge in [-0.25, -0.2) is 13.6 Å². The highest BCUT2D eigenvalue weighted by molar-refractivity contribution is 5.94. The summed E-state index contributed by atoms with van der Waals surface area (Å²) in [5.41, 5.74) is 0. The number of rotatable bonds is 6. The third kappa shape index (κ3) is 3.50. The maximum Gasteiger partial charge on any atom is 0.328 e. The SMILES string of the molecule is COC(=O)C(CC1CC2CCC1C2)N1CC(Oc2c(F)cccc2F)=CC1=O. The molecule has 5 nitrogen and oxygen atoms in total. The normalized spacial score (nSPS) is 27.1. The van der Waals surface area contributed by atoms with Crippen molar-refractivity contribution in [1.82, 2.24) is 4.90 Å². The van der Waals surface area contributed by atoms with Crippen molar-refractivity contribution in [3.8, 4) is 5.75 Å². The van der Waals surface area contributed by atoms with Gasteiger partial charge in [0.25, 0.3) is 5.91 Å². The Hall–Kier alpha value is -2.44. The van der Waals surface area contributed by atoms with Crippen molar-refractivity contribution in [3.05, 3.63) is 41.7 Å². The Bertz CT molecular complexity index is 804. The van der Waals surface area contributed by atoms with Gasteiger partial charge in [-0.05, 0) is 55.6 Å². The van der Waals surface area contributed by atoms with E-state index in [0.29, 0.717) is 18.3 Å². The van der Waals surface area contributed by atoms with E-state index in [9.17, 15) is 18.4 Å². The van der Waals surface area contributed by atoms with Crippen LogP contribution in [0, 0.1) is 29.4 Å². The van der Waals surface area contributed by atoms with Crippen molar-refractivity contribution in [2.45, 2.75) is 38.1 Å². The van der Waals surface area contributed by atoms with Crippen LogP contribution in [0.15, 0.2) is 30.0 Å². The second-order valence-electron chi connectivity index (χ2n) is 7.94. The number of methoxy groups -OCH3 is 1. The molecule has 0 N–H and O–H groups in total. The van der Waals surface area contributed by atoms with E-state index in [-0.39, 0.29) is 12.3 Å². The van der Waals surface area contributed by atoms with Crippen LogP contribution in [0.1, 0.15) is 32.1 Å². The third-order valence-corrected chi connectivity index (χ3v) is 6.31. The Morgan fingerprint density at radius 3 is 2.61 bits per heavy atom. The first-order chi connectivity index (χ1) is 13.5. The number of para-hydroxylation sites is 1. The van der Waals surface area contributed by atoms with Gasteiger partial charge in [-0.15, -0.1) is 0 Å². The van der Waals surface area contributed by atoms with Crippen molar-refractivity contribution in [3.63, 3.8) is 0 Å². The van der Waals surface area contributed by atoms with E-state index >= 15 is 0 Å². The predicted molar refractivity (Wildman–Crippen MR) is 96.1 cm³/mol. The number of carbonyl (C=O) groups is 2. The number of halogens is 2. The van der Waals surface area contributed by atoms with Gasteiger partial charge < -0.3 is 14.4 Å². The van der Waals surface area contributed by atoms with E-state index < -0.39 is 35.3 Å².